The number of carbonyl (C=O) groups excluding carboxylic acids is 1. The molecule has 18 heavy (non-hydrogen) atoms. The molecule has 0 aliphatic rings. The Balaban J connectivity index is 2.80. The van der Waals surface area contributed by atoms with Gasteiger partial charge >= 0.3 is 0 Å². The summed E-state index contributed by atoms with van der Waals surface area (Å²) in [7, 11) is 3.91. The van der Waals surface area contributed by atoms with Crippen molar-refractivity contribution in [1.82, 2.24) is 9.88 Å². The van der Waals surface area contributed by atoms with Crippen molar-refractivity contribution in [3.8, 4) is 0 Å². The molecule has 0 aromatic carbocycles. The molecule has 1 heterocycles. The van der Waals surface area contributed by atoms with E-state index in [0.29, 0.717) is 6.42 Å². The predicted molar refractivity (Wildman–Crippen MR) is 74.7 cm³/mol. The lowest BCUT2D eigenvalue weighted by Gasteiger charge is -2.34. The van der Waals surface area contributed by atoms with Crippen molar-refractivity contribution in [2.24, 2.45) is 0 Å². The highest BCUT2D eigenvalue weighted by atomic mass is 16.1. The van der Waals surface area contributed by atoms with Gasteiger partial charge in [0, 0.05) is 11.9 Å². The second-order valence-electron chi connectivity index (χ2n) is 5.13. The maximum Gasteiger partial charge on any atom is 0.158 e. The fourth-order valence-corrected chi connectivity index (χ4v) is 1.89. The van der Waals surface area contributed by atoms with Gasteiger partial charge in [-0.3, -0.25) is 14.7 Å². The molecule has 1 aromatic heterocycles. The van der Waals surface area contributed by atoms with Crippen LogP contribution in [-0.2, 0) is 17.6 Å². The molecule has 3 nitrogen and oxygen atoms in total. The smallest absolute Gasteiger partial charge is 0.158 e. The Labute approximate surface area is 110 Å². The highest BCUT2D eigenvalue weighted by Crippen LogP contribution is 2.19. The largest absolute Gasteiger partial charge is 0.297 e. The number of hydrogen-bond acceptors (Lipinski definition) is 3. The van der Waals surface area contributed by atoms with Crippen molar-refractivity contribution in [3.63, 3.8) is 0 Å². The summed E-state index contributed by atoms with van der Waals surface area (Å²) in [5.41, 5.74) is 1.67. The summed E-state index contributed by atoms with van der Waals surface area (Å²) >= 11 is 0. The van der Waals surface area contributed by atoms with Gasteiger partial charge in [0.05, 0.1) is 12.0 Å². The van der Waals surface area contributed by atoms with Gasteiger partial charge in [-0.1, -0.05) is 19.9 Å². The Morgan fingerprint density at radius 2 is 2.00 bits per heavy atom. The molecule has 1 atom stereocenters. The molecular weight excluding hydrogens is 224 g/mol. The zero-order valence-electron chi connectivity index (χ0n) is 12.2. The zero-order chi connectivity index (χ0) is 13.8. The van der Waals surface area contributed by atoms with Gasteiger partial charge in [-0.15, -0.1) is 0 Å². The van der Waals surface area contributed by atoms with E-state index >= 15 is 0 Å². The van der Waals surface area contributed by atoms with Crippen molar-refractivity contribution in [3.05, 3.63) is 29.6 Å². The van der Waals surface area contributed by atoms with Crippen LogP contribution in [0.1, 0.15) is 38.4 Å². The lowest BCUT2D eigenvalue weighted by molar-refractivity contribution is -0.128. The van der Waals surface area contributed by atoms with Gasteiger partial charge in [-0.25, -0.2) is 0 Å². The fourth-order valence-electron chi connectivity index (χ4n) is 1.89. The Morgan fingerprint density at radius 3 is 2.39 bits per heavy atom. The summed E-state index contributed by atoms with van der Waals surface area (Å²) in [6.45, 7) is 6.14. The fraction of sp³-hybridized carbons (Fsp3) is 0.600. The van der Waals surface area contributed by atoms with Gasteiger partial charge in [-0.2, -0.15) is 0 Å². The zero-order valence-corrected chi connectivity index (χ0v) is 12.2. The SMILES string of the molecule is CCc1ccc(CC(=O)C(C)(CC)N(C)C)nc1. The van der Waals surface area contributed by atoms with Crippen LogP contribution in [0.3, 0.4) is 0 Å². The Bertz CT molecular complexity index is 397. The molecule has 100 valence electrons. The van der Waals surface area contributed by atoms with Gasteiger partial charge in [-0.05, 0) is 45.5 Å². The van der Waals surface area contributed by atoms with E-state index < -0.39 is 5.54 Å². The quantitative estimate of drug-likeness (QED) is 0.775. The lowest BCUT2D eigenvalue weighted by atomic mass is 9.89. The van der Waals surface area contributed by atoms with Gasteiger partial charge in [0.2, 0.25) is 0 Å². The van der Waals surface area contributed by atoms with Crippen LogP contribution < -0.4 is 0 Å². The van der Waals surface area contributed by atoms with Crippen LogP contribution in [0.15, 0.2) is 18.3 Å². The van der Waals surface area contributed by atoms with E-state index in [-0.39, 0.29) is 5.78 Å². The molecule has 0 saturated carbocycles. The first kappa shape index (κ1) is 14.8. The van der Waals surface area contributed by atoms with Crippen LogP contribution in [0.5, 0.6) is 0 Å². The molecule has 0 radical (unpaired) electrons. The van der Waals surface area contributed by atoms with Crippen LogP contribution in [0.4, 0.5) is 0 Å². The predicted octanol–water partition coefficient (Wildman–Crippen LogP) is 2.49. The average Bonchev–Trinajstić information content (AvgIpc) is 2.38. The van der Waals surface area contributed by atoms with E-state index in [1.807, 2.05) is 45.1 Å². The number of aromatic nitrogens is 1. The molecule has 1 unspecified atom stereocenters. The third kappa shape index (κ3) is 3.16. The summed E-state index contributed by atoms with van der Waals surface area (Å²) in [6, 6.07) is 4.01. The van der Waals surface area contributed by atoms with Crippen molar-refractivity contribution < 1.29 is 4.79 Å². The number of Topliss-reactive ketones (excluding diaryl/α,β-unsaturated/α-hetero) is 1. The summed E-state index contributed by atoms with van der Waals surface area (Å²) in [5, 5.41) is 0. The Hall–Kier alpha value is -1.22. The molecule has 0 aliphatic carbocycles. The number of carbonyl (C=O) groups is 1. The number of likely N-dealkylation sites (N-methyl/N-ethyl adjacent to an activating group) is 1. The third-order valence-electron chi connectivity index (χ3n) is 3.91. The first-order valence-electron chi connectivity index (χ1n) is 6.58. The van der Waals surface area contributed by atoms with E-state index in [4.69, 9.17) is 0 Å². The molecular formula is C15H24N2O. The molecule has 1 rings (SSSR count). The van der Waals surface area contributed by atoms with Crippen molar-refractivity contribution in [2.75, 3.05) is 14.1 Å². The van der Waals surface area contributed by atoms with Crippen LogP contribution in [0.2, 0.25) is 0 Å². The minimum Gasteiger partial charge on any atom is -0.297 e. The highest BCUT2D eigenvalue weighted by molar-refractivity contribution is 5.89. The number of pyridine rings is 1. The van der Waals surface area contributed by atoms with E-state index in [9.17, 15) is 4.79 Å². The van der Waals surface area contributed by atoms with Crippen LogP contribution in [0.25, 0.3) is 0 Å². The highest BCUT2D eigenvalue weighted by Gasteiger charge is 2.33. The third-order valence-corrected chi connectivity index (χ3v) is 3.91. The standard InChI is InChI=1S/C15H24N2O/c1-6-12-8-9-13(16-11-12)10-14(18)15(3,7-2)17(4)5/h8-9,11H,6-7,10H2,1-5H3. The molecule has 0 N–H and O–H groups in total. The molecule has 0 bridgehead atoms. The monoisotopic (exact) mass is 248 g/mol. The van der Waals surface area contributed by atoms with Crippen LogP contribution in [0, 0.1) is 0 Å². The normalized spacial score (nSPS) is 14.6. The molecule has 0 spiro atoms. The van der Waals surface area contributed by atoms with Gasteiger partial charge < -0.3 is 0 Å². The number of ketones is 1. The van der Waals surface area contributed by atoms with E-state index in [1.165, 1.54) is 5.56 Å². The first-order valence-corrected chi connectivity index (χ1v) is 6.58. The lowest BCUT2D eigenvalue weighted by Crippen LogP contribution is -2.48. The van der Waals surface area contributed by atoms with E-state index in [2.05, 4.69) is 18.0 Å². The van der Waals surface area contributed by atoms with E-state index in [0.717, 1.165) is 18.5 Å². The summed E-state index contributed by atoms with van der Waals surface area (Å²) in [6.07, 6.45) is 4.06. The second-order valence-corrected chi connectivity index (χ2v) is 5.13. The van der Waals surface area contributed by atoms with Crippen LogP contribution in [-0.4, -0.2) is 35.3 Å². The summed E-state index contributed by atoms with van der Waals surface area (Å²) in [4.78, 5) is 18.7. The molecule has 3 heteroatoms. The molecule has 1 aromatic rings. The minimum absolute atomic E-state index is 0.228. The maximum atomic E-state index is 12.4. The Morgan fingerprint density at radius 1 is 1.33 bits per heavy atom. The minimum atomic E-state index is -0.398. The number of rotatable bonds is 6. The average molecular weight is 248 g/mol. The number of nitrogens with zero attached hydrogens (tertiary/aromatic N) is 2. The topological polar surface area (TPSA) is 33.2 Å². The van der Waals surface area contributed by atoms with Gasteiger partial charge in [0.1, 0.15) is 0 Å². The van der Waals surface area contributed by atoms with Gasteiger partial charge in [0.15, 0.2) is 5.78 Å². The molecule has 0 fully saturated rings. The number of hydrogen-bond donors (Lipinski definition) is 0. The molecule has 0 saturated heterocycles. The van der Waals surface area contributed by atoms with Crippen molar-refractivity contribution in [1.29, 1.82) is 0 Å². The number of aryl methyl sites for hydroxylation is 1. The Kier molecular flexibility index (Phi) is 5.03. The van der Waals surface area contributed by atoms with Crippen molar-refractivity contribution >= 4 is 5.78 Å². The summed E-state index contributed by atoms with van der Waals surface area (Å²) < 4.78 is 0. The second kappa shape index (κ2) is 6.10. The molecule has 0 aliphatic heterocycles. The van der Waals surface area contributed by atoms with Crippen molar-refractivity contribution in [2.45, 2.75) is 45.6 Å². The van der Waals surface area contributed by atoms with Gasteiger partial charge in [0.25, 0.3) is 0 Å². The summed E-state index contributed by atoms with van der Waals surface area (Å²) in [5.74, 6) is 0.228. The maximum absolute atomic E-state index is 12.4. The first-order chi connectivity index (χ1) is 8.43. The molecule has 0 amide bonds. The van der Waals surface area contributed by atoms with Crippen LogP contribution >= 0.6 is 0 Å². The van der Waals surface area contributed by atoms with E-state index in [1.54, 1.807) is 0 Å².